The molecule has 3 aromatic rings. The maximum Gasteiger partial charge on any atom is 0.185 e. The summed E-state index contributed by atoms with van der Waals surface area (Å²) >= 11 is 0. The van der Waals surface area contributed by atoms with Gasteiger partial charge in [0, 0.05) is 30.2 Å². The Morgan fingerprint density at radius 2 is 1.73 bits per heavy atom. The SMILES string of the molecule is CN(c1cnc(-c2ccc(-n3nccn3)cc2O)nn1)C1CC(C)(C)NC(C)(C)C1. The Balaban J connectivity index is 1.54. The van der Waals surface area contributed by atoms with Crippen LogP contribution in [0, 0.1) is 0 Å². The van der Waals surface area contributed by atoms with Gasteiger partial charge in [-0.25, -0.2) is 4.98 Å². The van der Waals surface area contributed by atoms with Crippen molar-refractivity contribution in [3.63, 3.8) is 0 Å². The summed E-state index contributed by atoms with van der Waals surface area (Å²) < 4.78 is 0. The summed E-state index contributed by atoms with van der Waals surface area (Å²) in [7, 11) is 2.04. The zero-order valence-corrected chi connectivity index (χ0v) is 18.0. The number of aromatic hydroxyl groups is 1. The van der Waals surface area contributed by atoms with E-state index in [1.165, 1.54) is 4.80 Å². The largest absolute Gasteiger partial charge is 0.507 e. The van der Waals surface area contributed by atoms with Gasteiger partial charge in [-0.2, -0.15) is 15.0 Å². The molecular formula is C21H28N8O. The number of phenols is 1. The number of piperidine rings is 1. The molecule has 2 N–H and O–H groups in total. The summed E-state index contributed by atoms with van der Waals surface area (Å²) in [5.41, 5.74) is 1.25. The summed E-state index contributed by atoms with van der Waals surface area (Å²) in [6.07, 6.45) is 6.88. The number of rotatable bonds is 4. The molecule has 0 saturated carbocycles. The minimum atomic E-state index is 0.0401. The third-order valence-corrected chi connectivity index (χ3v) is 5.50. The van der Waals surface area contributed by atoms with Gasteiger partial charge in [0.1, 0.15) is 5.75 Å². The van der Waals surface area contributed by atoms with Crippen LogP contribution in [0.2, 0.25) is 0 Å². The highest BCUT2D eigenvalue weighted by Gasteiger charge is 2.39. The highest BCUT2D eigenvalue weighted by molar-refractivity contribution is 5.65. The van der Waals surface area contributed by atoms with Gasteiger partial charge < -0.3 is 15.3 Å². The summed E-state index contributed by atoms with van der Waals surface area (Å²) in [4.78, 5) is 8.05. The van der Waals surface area contributed by atoms with Crippen molar-refractivity contribution in [1.82, 2.24) is 35.5 Å². The van der Waals surface area contributed by atoms with Gasteiger partial charge >= 0.3 is 0 Å². The first kappa shape index (κ1) is 20.2. The lowest BCUT2D eigenvalue weighted by molar-refractivity contribution is 0.160. The van der Waals surface area contributed by atoms with Crippen LogP contribution in [0.4, 0.5) is 5.82 Å². The van der Waals surface area contributed by atoms with Gasteiger partial charge in [0.25, 0.3) is 0 Å². The van der Waals surface area contributed by atoms with E-state index in [2.05, 4.69) is 63.3 Å². The Morgan fingerprint density at radius 3 is 2.30 bits per heavy atom. The van der Waals surface area contributed by atoms with Crippen LogP contribution in [0.15, 0.2) is 36.8 Å². The maximum absolute atomic E-state index is 10.4. The van der Waals surface area contributed by atoms with Crippen molar-refractivity contribution in [3.05, 3.63) is 36.8 Å². The fourth-order valence-electron chi connectivity index (χ4n) is 4.47. The Hall–Kier alpha value is -3.07. The zero-order valence-electron chi connectivity index (χ0n) is 18.0. The molecule has 9 nitrogen and oxygen atoms in total. The quantitative estimate of drug-likeness (QED) is 0.679. The lowest BCUT2D eigenvalue weighted by Crippen LogP contribution is -2.62. The van der Waals surface area contributed by atoms with Crippen molar-refractivity contribution in [3.8, 4) is 22.8 Å². The standard InChI is InChI=1S/C21H28N8O/c1-20(2)11-15(12-21(3,4)27-20)28(5)18-13-22-19(26-25-18)16-7-6-14(10-17(16)30)29-23-8-9-24-29/h6-10,13,15,27,30H,11-12H2,1-5H3. The molecule has 0 amide bonds. The molecular weight excluding hydrogens is 380 g/mol. The van der Waals surface area contributed by atoms with Gasteiger partial charge in [-0.1, -0.05) is 0 Å². The highest BCUT2D eigenvalue weighted by atomic mass is 16.3. The lowest BCUT2D eigenvalue weighted by Gasteiger charge is -2.49. The van der Waals surface area contributed by atoms with Crippen LogP contribution in [-0.2, 0) is 0 Å². The normalized spacial score (nSPS) is 18.3. The Kier molecular flexibility index (Phi) is 4.93. The second-order valence-corrected chi connectivity index (χ2v) is 9.23. The molecule has 1 aliphatic heterocycles. The Morgan fingerprint density at radius 1 is 1.07 bits per heavy atom. The Bertz CT molecular complexity index is 998. The molecule has 3 heterocycles. The lowest BCUT2D eigenvalue weighted by atomic mass is 9.79. The van der Waals surface area contributed by atoms with Crippen molar-refractivity contribution in [2.75, 3.05) is 11.9 Å². The zero-order chi connectivity index (χ0) is 21.5. The molecule has 158 valence electrons. The highest BCUT2D eigenvalue weighted by Crippen LogP contribution is 2.33. The summed E-state index contributed by atoms with van der Waals surface area (Å²) in [6, 6.07) is 5.45. The molecule has 2 aromatic heterocycles. The van der Waals surface area contributed by atoms with Crippen molar-refractivity contribution in [1.29, 1.82) is 0 Å². The van der Waals surface area contributed by atoms with Gasteiger partial charge in [0.2, 0.25) is 0 Å². The summed E-state index contributed by atoms with van der Waals surface area (Å²) in [6.45, 7) is 8.92. The van der Waals surface area contributed by atoms with E-state index in [1.54, 1.807) is 36.8 Å². The number of anilines is 1. The first-order chi connectivity index (χ1) is 14.1. The molecule has 0 atom stereocenters. The topological polar surface area (TPSA) is 105 Å². The van der Waals surface area contributed by atoms with Crippen LogP contribution in [0.3, 0.4) is 0 Å². The van der Waals surface area contributed by atoms with E-state index in [-0.39, 0.29) is 16.8 Å². The molecule has 4 rings (SSSR count). The number of benzene rings is 1. The third kappa shape index (κ3) is 4.11. The fourth-order valence-corrected chi connectivity index (χ4v) is 4.47. The van der Waals surface area contributed by atoms with E-state index in [0.29, 0.717) is 28.9 Å². The minimum Gasteiger partial charge on any atom is -0.507 e. The van der Waals surface area contributed by atoms with Gasteiger partial charge in [0.05, 0.1) is 29.8 Å². The van der Waals surface area contributed by atoms with E-state index in [9.17, 15) is 5.11 Å². The second-order valence-electron chi connectivity index (χ2n) is 9.23. The van der Waals surface area contributed by atoms with Crippen LogP contribution in [0.1, 0.15) is 40.5 Å². The molecule has 1 aliphatic rings. The first-order valence-electron chi connectivity index (χ1n) is 10.1. The average molecular weight is 409 g/mol. The average Bonchev–Trinajstić information content (AvgIpc) is 3.20. The van der Waals surface area contributed by atoms with Crippen LogP contribution in [0.5, 0.6) is 5.75 Å². The number of hydrogen-bond acceptors (Lipinski definition) is 8. The molecule has 1 fully saturated rings. The van der Waals surface area contributed by atoms with Crippen LogP contribution in [-0.4, -0.2) is 59.4 Å². The van der Waals surface area contributed by atoms with E-state index < -0.39 is 0 Å². The molecule has 0 radical (unpaired) electrons. The fraction of sp³-hybridized carbons (Fsp3) is 0.476. The molecule has 1 saturated heterocycles. The molecule has 0 aliphatic carbocycles. The van der Waals surface area contributed by atoms with Crippen molar-refractivity contribution in [2.24, 2.45) is 0 Å². The van der Waals surface area contributed by atoms with Crippen LogP contribution >= 0.6 is 0 Å². The number of aromatic nitrogens is 6. The number of phenolic OH excluding ortho intramolecular Hbond substituents is 1. The van der Waals surface area contributed by atoms with Crippen LogP contribution in [0.25, 0.3) is 17.1 Å². The van der Waals surface area contributed by atoms with Gasteiger partial charge in [-0.05, 0) is 52.7 Å². The van der Waals surface area contributed by atoms with Crippen molar-refractivity contribution in [2.45, 2.75) is 57.7 Å². The smallest absolute Gasteiger partial charge is 0.185 e. The summed E-state index contributed by atoms with van der Waals surface area (Å²) in [5, 5.41) is 30.9. The van der Waals surface area contributed by atoms with E-state index >= 15 is 0 Å². The molecule has 1 aromatic carbocycles. The van der Waals surface area contributed by atoms with E-state index in [1.807, 2.05) is 7.05 Å². The summed E-state index contributed by atoms with van der Waals surface area (Å²) in [5.74, 6) is 1.14. The molecule has 0 unspecified atom stereocenters. The minimum absolute atomic E-state index is 0.0401. The molecule has 9 heteroatoms. The van der Waals surface area contributed by atoms with Gasteiger partial charge in [0.15, 0.2) is 11.6 Å². The molecule has 30 heavy (non-hydrogen) atoms. The van der Waals surface area contributed by atoms with E-state index in [0.717, 1.165) is 12.8 Å². The number of nitrogens with one attached hydrogen (secondary N) is 1. The molecule has 0 spiro atoms. The van der Waals surface area contributed by atoms with Crippen molar-refractivity contribution >= 4 is 5.82 Å². The first-order valence-corrected chi connectivity index (χ1v) is 10.1. The Labute approximate surface area is 176 Å². The predicted molar refractivity (Wildman–Crippen MR) is 115 cm³/mol. The maximum atomic E-state index is 10.4. The number of nitrogens with zero attached hydrogens (tertiary/aromatic N) is 7. The van der Waals surface area contributed by atoms with Crippen LogP contribution < -0.4 is 10.2 Å². The van der Waals surface area contributed by atoms with Gasteiger partial charge in [-0.3, -0.25) is 0 Å². The predicted octanol–water partition coefficient (Wildman–Crippen LogP) is 2.57. The number of hydrogen-bond donors (Lipinski definition) is 2. The third-order valence-electron chi connectivity index (χ3n) is 5.50. The second kappa shape index (κ2) is 7.32. The van der Waals surface area contributed by atoms with E-state index in [4.69, 9.17) is 0 Å². The van der Waals surface area contributed by atoms with Crippen molar-refractivity contribution < 1.29 is 5.11 Å². The monoisotopic (exact) mass is 408 g/mol. The van der Waals surface area contributed by atoms with Gasteiger partial charge in [-0.15, -0.1) is 10.2 Å². The molecule has 0 bridgehead atoms.